The Kier molecular flexibility index (Phi) is 135. The molecule has 0 saturated heterocycles. The fraction of sp³-hybridized carbons (Fsp3) is 0.687. The van der Waals surface area contributed by atoms with Crippen LogP contribution in [0.3, 0.4) is 0 Å². The highest BCUT2D eigenvalue weighted by Gasteiger charge is 2.41. The smallest absolute Gasteiger partial charge is 0.00882 e. The monoisotopic (exact) mass is 2030 g/mol. The van der Waals surface area contributed by atoms with E-state index >= 15 is 0 Å². The molecule has 0 amide bonds. The Hall–Kier alpha value is -5.98. The topological polar surface area (TPSA) is 0 Å². The number of rotatable bonds is 0. The largest absolute Gasteiger partial charge is 0.0885 e. The van der Waals surface area contributed by atoms with Crippen LogP contribution < -0.4 is 0 Å². The highest BCUT2D eigenvalue weighted by molar-refractivity contribution is 5.82. The van der Waals surface area contributed by atoms with E-state index in [1.807, 2.05) is 36.4 Å². The molecule has 4 bridgehead atoms. The van der Waals surface area contributed by atoms with Gasteiger partial charge in [-0.15, -0.1) is 0 Å². The summed E-state index contributed by atoms with van der Waals surface area (Å²) in [6.07, 6.45) is 97.5. The van der Waals surface area contributed by atoms with Crippen LogP contribution in [-0.2, 0) is 19.3 Å². The third kappa shape index (κ3) is 182. The molecule has 0 nitrogen and oxygen atoms in total. The minimum atomic E-state index is 0.833. The Bertz CT molecular complexity index is 3070. The molecule has 8 fully saturated rings. The second kappa shape index (κ2) is 125. The lowest BCUT2D eigenvalue weighted by molar-refractivity contribution is 0.0198. The summed E-state index contributed by atoms with van der Waals surface area (Å²) in [5.74, 6) is 16.4. The predicted molar refractivity (Wildman–Crippen MR) is 693 cm³/mol. The Labute approximate surface area is 930 Å². The zero-order chi connectivity index (χ0) is 113. The van der Waals surface area contributed by atoms with Crippen LogP contribution in [0.25, 0.3) is 16.8 Å². The Morgan fingerprint density at radius 1 is 0.156 bits per heavy atom. The van der Waals surface area contributed by atoms with Crippen LogP contribution in [0, 0.1) is 107 Å². The first-order valence-corrected chi connectivity index (χ1v) is 62.0. The minimum absolute atomic E-state index is 0.833. The molecule has 0 atom stereocenters. The van der Waals surface area contributed by atoms with Crippen molar-refractivity contribution in [1.29, 1.82) is 0 Å². The van der Waals surface area contributed by atoms with Gasteiger partial charge in [-0.25, -0.2) is 0 Å². The fourth-order valence-electron chi connectivity index (χ4n) is 13.4. The molecule has 854 valence electrons. The quantitative estimate of drug-likeness (QED) is 0.136. The molecular formula is C147H266. The van der Waals surface area contributed by atoms with Gasteiger partial charge in [-0.2, -0.15) is 0 Å². The normalized spacial score (nSPS) is 17.0. The summed E-state index contributed by atoms with van der Waals surface area (Å²) in [6.45, 7) is 91.0. The summed E-state index contributed by atoms with van der Waals surface area (Å²) in [6, 6.07) is 46.0. The lowest BCUT2D eigenvalue weighted by Crippen LogP contribution is -2.38. The zero-order valence-corrected chi connectivity index (χ0v) is 107. The first-order valence-electron chi connectivity index (χ1n) is 62.0. The maximum absolute atomic E-state index is 2.27. The van der Waals surface area contributed by atoms with Gasteiger partial charge in [0.05, 0.1) is 0 Å². The molecule has 0 unspecified atom stereocenters. The molecule has 0 heterocycles. The number of hydrogen-bond acceptors (Lipinski definition) is 0. The van der Waals surface area contributed by atoms with E-state index in [0.29, 0.717) is 0 Å². The molecule has 5 aromatic carbocycles. The highest BCUT2D eigenvalue weighted by atomic mass is 14.5. The summed E-state index contributed by atoms with van der Waals surface area (Å²) >= 11 is 0. The van der Waals surface area contributed by atoms with E-state index in [9.17, 15) is 0 Å². The molecule has 0 N–H and O–H groups in total. The maximum Gasteiger partial charge on any atom is -0.00882 e. The number of aryl methyl sites for hydroxylation is 2. The molecule has 0 spiro atoms. The van der Waals surface area contributed by atoms with Crippen molar-refractivity contribution >= 4 is 16.8 Å². The van der Waals surface area contributed by atoms with Crippen LogP contribution in [0.4, 0.5) is 0 Å². The summed E-state index contributed by atoms with van der Waals surface area (Å²) in [4.78, 5) is 0. The molecule has 15 aliphatic carbocycles. The van der Waals surface area contributed by atoms with Crippen LogP contribution in [0.2, 0.25) is 0 Å². The Morgan fingerprint density at radius 2 is 0.340 bits per heavy atom. The number of fused-ring (bicyclic) bond motifs is 3. The molecule has 5 aromatic rings. The molecule has 20 rings (SSSR count). The average molecular weight is 2030 g/mol. The van der Waals surface area contributed by atoms with Crippen molar-refractivity contribution < 1.29 is 0 Å². The molecule has 147 heavy (non-hydrogen) atoms. The van der Waals surface area contributed by atoms with Gasteiger partial charge in [0.15, 0.2) is 0 Å². The van der Waals surface area contributed by atoms with Crippen LogP contribution in [0.15, 0.2) is 237 Å². The van der Waals surface area contributed by atoms with Gasteiger partial charge in [-0.05, 0) is 287 Å². The van der Waals surface area contributed by atoms with Gasteiger partial charge in [0.1, 0.15) is 0 Å². The van der Waals surface area contributed by atoms with Crippen LogP contribution in [0.1, 0.15) is 557 Å². The SMILES string of the molecule is C1=CCC=C1.C1=CCC=CC1.C1=CCCC1.C1=CCCC=C1.C1=CCCCC1.C1=Cc2ccccc2C1.C1C2CC3CC1CC(C2)C3.C1CC1.C1CCC1.C1CCCC1.C1CCCCC1.CC(C)C.CC(C)C.CC(C)C.CC(C)C.CC(C)C.CC(C)C.CC(C)C.CC(C)C.CC(C)C.CC(C)C.CC(C)C.CC(C)C.CC(C)C.CC(C)C.c1ccc2c(c1)CCCC2.c1ccc2ccccc2c1.c1ccccc1. The second-order valence-corrected chi connectivity index (χ2v) is 51.4. The number of benzene rings is 5. The molecule has 0 aromatic heterocycles. The summed E-state index contributed by atoms with van der Waals surface area (Å²) in [5.41, 5.74) is 6.00. The van der Waals surface area contributed by atoms with E-state index in [1.165, 1.54) is 245 Å². The van der Waals surface area contributed by atoms with Crippen LogP contribution in [-0.4, -0.2) is 0 Å². The van der Waals surface area contributed by atoms with Gasteiger partial charge in [0, 0.05) is 0 Å². The molecule has 0 radical (unpaired) electrons. The average Bonchev–Trinajstić information content (AvgIpc) is 1.39. The molecule has 0 heteroatoms. The summed E-state index contributed by atoms with van der Waals surface area (Å²) in [7, 11) is 0. The van der Waals surface area contributed by atoms with Gasteiger partial charge in [-0.3, -0.25) is 0 Å². The number of hydrogen-bond donors (Lipinski definition) is 0. The Morgan fingerprint density at radius 3 is 0.503 bits per heavy atom. The van der Waals surface area contributed by atoms with Crippen molar-refractivity contribution in [2.24, 2.45) is 107 Å². The first-order chi connectivity index (χ1) is 69.5. The first kappa shape index (κ1) is 159. The Balaban J connectivity index is -0.000000194. The van der Waals surface area contributed by atoms with Gasteiger partial charge >= 0.3 is 0 Å². The van der Waals surface area contributed by atoms with Gasteiger partial charge in [-0.1, -0.05) is 649 Å². The number of allylic oxidation sites excluding steroid dienone is 17. The highest BCUT2D eigenvalue weighted by Crippen LogP contribution is 2.53. The van der Waals surface area contributed by atoms with Crippen LogP contribution >= 0.6 is 0 Å². The van der Waals surface area contributed by atoms with E-state index in [0.717, 1.165) is 109 Å². The summed E-state index contributed by atoms with van der Waals surface area (Å²) < 4.78 is 0. The van der Waals surface area contributed by atoms with E-state index in [-0.39, 0.29) is 0 Å². The standard InChI is InChI=1S/C10H16.C10H12.C10H8.C9H8.C6H12.C6H10.2C6H8.C6H6.C5H10.C5H8.C5H6.C4H8.14C4H10.C3H6/c1-7-2-9-4-8(1)5-10(3-7)6-9;2*1-2-6-10-8-4-3-7-9(10)5-1;1-2-5-9-7-3-6-8(9)4-1;5*1-2-4-6-5-3-1;3*1-2-4-5-3-1;1-2-4-3-1;14*1-4(2)3;1-2-3-1/h7-10H,1-6H2;1-2,5-6H,3-4,7-8H2;1-8H;1-6H,7H2;1-6H2;1-2H,3-6H2;1-2,5-6H,3-4H2;1-4H,5-6H2;1-6H;1-5H2;1-2H,3-5H2;1-4H,5H2;1-4H2;14*4H,1-3H3;1-3H2. The molecule has 8 saturated carbocycles. The third-order valence-electron chi connectivity index (χ3n) is 18.9. The van der Waals surface area contributed by atoms with Crippen LogP contribution in [0.5, 0.6) is 0 Å². The lowest BCUT2D eigenvalue weighted by Gasteiger charge is -2.49. The second-order valence-electron chi connectivity index (χ2n) is 51.4. The molecular weight excluding hydrogens is 1770 g/mol. The van der Waals surface area contributed by atoms with Gasteiger partial charge < -0.3 is 0 Å². The maximum atomic E-state index is 2.27. The van der Waals surface area contributed by atoms with Crippen molar-refractivity contribution in [3.8, 4) is 0 Å². The fourth-order valence-corrected chi connectivity index (χ4v) is 13.4. The predicted octanol–water partition coefficient (Wildman–Crippen LogP) is 51.6. The van der Waals surface area contributed by atoms with Crippen molar-refractivity contribution in [2.75, 3.05) is 0 Å². The van der Waals surface area contributed by atoms with Crippen molar-refractivity contribution in [2.45, 2.75) is 554 Å². The van der Waals surface area contributed by atoms with E-state index in [1.54, 1.807) is 49.7 Å². The summed E-state index contributed by atoms with van der Waals surface area (Å²) in [5, 5.41) is 2.62. The molecule has 15 aliphatic rings. The van der Waals surface area contributed by atoms with E-state index in [2.05, 4.69) is 497 Å². The zero-order valence-electron chi connectivity index (χ0n) is 107. The van der Waals surface area contributed by atoms with Gasteiger partial charge in [0.2, 0.25) is 0 Å². The van der Waals surface area contributed by atoms with Crippen molar-refractivity contribution in [1.82, 2.24) is 0 Å². The minimum Gasteiger partial charge on any atom is -0.0885 e. The van der Waals surface area contributed by atoms with Crippen molar-refractivity contribution in [3.63, 3.8) is 0 Å². The van der Waals surface area contributed by atoms with Crippen molar-refractivity contribution in [3.05, 3.63) is 259 Å². The third-order valence-corrected chi connectivity index (χ3v) is 18.9. The van der Waals surface area contributed by atoms with E-state index in [4.69, 9.17) is 0 Å². The lowest BCUT2D eigenvalue weighted by atomic mass is 9.56. The molecule has 0 aliphatic heterocycles. The van der Waals surface area contributed by atoms with Gasteiger partial charge in [0.25, 0.3) is 0 Å². The van der Waals surface area contributed by atoms with E-state index < -0.39 is 0 Å².